The highest BCUT2D eigenvalue weighted by molar-refractivity contribution is 5.96. The Labute approximate surface area is 330 Å². The second-order valence-corrected chi connectivity index (χ2v) is 14.9. The summed E-state index contributed by atoms with van der Waals surface area (Å²) in [5, 5.41) is 5.78. The Morgan fingerprint density at radius 1 is 0.807 bits per heavy atom. The van der Waals surface area contributed by atoms with Gasteiger partial charge < -0.3 is 20.3 Å². The second-order valence-electron chi connectivity index (χ2n) is 14.9. The van der Waals surface area contributed by atoms with Crippen molar-refractivity contribution in [2.75, 3.05) is 19.7 Å². The Morgan fingerprint density at radius 2 is 1.44 bits per heavy atom. The van der Waals surface area contributed by atoms with Gasteiger partial charge in [-0.25, -0.2) is 4.79 Å². The predicted octanol–water partition coefficient (Wildman–Crippen LogP) is 6.47. The highest BCUT2D eigenvalue weighted by atomic mass is 19.4. The number of hydrogen-bond acceptors (Lipinski definition) is 6. The van der Waals surface area contributed by atoms with E-state index < -0.39 is 66.1 Å². The number of benzene rings is 4. The van der Waals surface area contributed by atoms with Crippen molar-refractivity contribution in [2.24, 2.45) is 5.92 Å². The van der Waals surface area contributed by atoms with Gasteiger partial charge in [-0.3, -0.25) is 24.2 Å². The van der Waals surface area contributed by atoms with Crippen molar-refractivity contribution in [2.45, 2.75) is 75.7 Å². The molecule has 0 saturated carbocycles. The zero-order valence-corrected chi connectivity index (χ0v) is 31.4. The number of ether oxygens (including phenoxy) is 1. The lowest BCUT2D eigenvalue weighted by atomic mass is 9.83. The number of carbonyl (C=O) groups excluding carboxylic acids is 4. The molecule has 0 aromatic heterocycles. The van der Waals surface area contributed by atoms with Crippen LogP contribution in [0.3, 0.4) is 0 Å². The van der Waals surface area contributed by atoms with Crippen molar-refractivity contribution in [3.05, 3.63) is 143 Å². The fourth-order valence-corrected chi connectivity index (χ4v) is 8.14. The first kappa shape index (κ1) is 39.5. The predicted molar refractivity (Wildman–Crippen MR) is 206 cm³/mol. The van der Waals surface area contributed by atoms with Gasteiger partial charge in [0, 0.05) is 32.2 Å². The molecule has 0 aliphatic carbocycles. The minimum absolute atomic E-state index is 0.0304. The molecule has 3 aliphatic rings. The molecule has 4 atom stereocenters. The lowest BCUT2D eigenvalue weighted by molar-refractivity contribution is -0.178. The van der Waals surface area contributed by atoms with Crippen LogP contribution in [0.15, 0.2) is 115 Å². The van der Waals surface area contributed by atoms with Crippen molar-refractivity contribution in [1.82, 2.24) is 25.3 Å². The average molecular weight is 782 g/mol. The van der Waals surface area contributed by atoms with E-state index in [1.54, 1.807) is 0 Å². The summed E-state index contributed by atoms with van der Waals surface area (Å²) in [6, 6.07) is 31.5. The summed E-state index contributed by atoms with van der Waals surface area (Å²) in [5.74, 6) is -2.27. The van der Waals surface area contributed by atoms with Crippen molar-refractivity contribution >= 4 is 23.8 Å². The van der Waals surface area contributed by atoms with Gasteiger partial charge in [-0.15, -0.1) is 0 Å². The number of carbonyl (C=O) groups is 4. The van der Waals surface area contributed by atoms with Crippen molar-refractivity contribution in [3.63, 3.8) is 0 Å². The van der Waals surface area contributed by atoms with Crippen LogP contribution in [0.25, 0.3) is 0 Å². The zero-order valence-electron chi connectivity index (χ0n) is 31.4. The smallest absolute Gasteiger partial charge is 0.416 e. The molecule has 3 heterocycles. The zero-order chi connectivity index (χ0) is 39.9. The van der Waals surface area contributed by atoms with Gasteiger partial charge in [-0.05, 0) is 60.1 Å². The molecule has 0 bridgehead atoms. The monoisotopic (exact) mass is 781 g/mol. The number of likely N-dealkylation sites (tertiary alicyclic amines) is 2. The number of piperidine rings is 1. The molecule has 4 aromatic rings. The minimum Gasteiger partial charge on any atom is -0.447 e. The normalized spacial score (nSPS) is 20.8. The van der Waals surface area contributed by atoms with E-state index in [0.717, 1.165) is 42.9 Å². The molecule has 0 unspecified atom stereocenters. The largest absolute Gasteiger partial charge is 0.447 e. The van der Waals surface area contributed by atoms with E-state index in [0.29, 0.717) is 25.7 Å². The molecule has 10 nitrogen and oxygen atoms in total. The van der Waals surface area contributed by atoms with Crippen LogP contribution in [-0.2, 0) is 44.8 Å². The third kappa shape index (κ3) is 9.48. The summed E-state index contributed by atoms with van der Waals surface area (Å²) >= 11 is 0. The van der Waals surface area contributed by atoms with Crippen LogP contribution in [0, 0.1) is 5.92 Å². The number of nitrogens with one attached hydrogen (secondary N) is 2. The summed E-state index contributed by atoms with van der Waals surface area (Å²) in [5.41, 5.74) is 2.31. The quantitative estimate of drug-likeness (QED) is 0.142. The molecule has 0 radical (unpaired) electrons. The van der Waals surface area contributed by atoms with E-state index in [1.165, 1.54) is 27.5 Å². The van der Waals surface area contributed by atoms with Gasteiger partial charge in [-0.2, -0.15) is 13.2 Å². The van der Waals surface area contributed by atoms with Gasteiger partial charge in [0.15, 0.2) is 0 Å². The van der Waals surface area contributed by atoms with Gasteiger partial charge in [0.1, 0.15) is 18.8 Å². The van der Waals surface area contributed by atoms with Crippen LogP contribution in [0.1, 0.15) is 59.5 Å². The summed E-state index contributed by atoms with van der Waals surface area (Å²) in [7, 11) is 0. The van der Waals surface area contributed by atoms with Crippen LogP contribution < -0.4 is 10.6 Å². The van der Waals surface area contributed by atoms with Crippen molar-refractivity contribution in [3.8, 4) is 0 Å². The van der Waals surface area contributed by atoms with E-state index in [2.05, 4.69) is 27.7 Å². The van der Waals surface area contributed by atoms with Gasteiger partial charge in [0.05, 0.1) is 23.9 Å². The molecule has 3 fully saturated rings. The van der Waals surface area contributed by atoms with E-state index in [-0.39, 0.29) is 24.8 Å². The fraction of sp³-hybridized carbons (Fsp3) is 0.364. The number of cyclic esters (lactones) is 1. The molecule has 2 N–H and O–H groups in total. The van der Waals surface area contributed by atoms with Crippen LogP contribution >= 0.6 is 0 Å². The molecule has 13 heteroatoms. The minimum atomic E-state index is -4.58. The van der Waals surface area contributed by atoms with Crippen LogP contribution in [0.5, 0.6) is 0 Å². The van der Waals surface area contributed by atoms with Crippen molar-refractivity contribution < 1.29 is 37.1 Å². The number of rotatable bonds is 14. The maximum absolute atomic E-state index is 14.3. The van der Waals surface area contributed by atoms with E-state index in [9.17, 15) is 32.3 Å². The first-order valence-corrected chi connectivity index (χ1v) is 19.4. The number of halogens is 3. The van der Waals surface area contributed by atoms with Crippen molar-refractivity contribution in [1.29, 1.82) is 0 Å². The molecule has 4 aromatic carbocycles. The Hall–Kier alpha value is -5.69. The molecule has 7 rings (SSSR count). The summed E-state index contributed by atoms with van der Waals surface area (Å²) in [4.78, 5) is 61.2. The number of alkyl halides is 3. The molecular formula is C44H46F3N5O5. The highest BCUT2D eigenvalue weighted by Gasteiger charge is 2.58. The maximum atomic E-state index is 14.3. The molecule has 3 saturated heterocycles. The Morgan fingerprint density at radius 3 is 2.11 bits per heavy atom. The van der Waals surface area contributed by atoms with Crippen LogP contribution in [0.2, 0.25) is 0 Å². The van der Waals surface area contributed by atoms with Gasteiger partial charge in [0.25, 0.3) is 0 Å². The third-order valence-corrected chi connectivity index (χ3v) is 11.1. The molecule has 4 amide bonds. The molecule has 3 aliphatic heterocycles. The molecule has 0 spiro atoms. The third-order valence-electron chi connectivity index (χ3n) is 11.1. The number of β-lactam (4-membered cyclic amide) rings is 1. The van der Waals surface area contributed by atoms with Crippen LogP contribution in [0.4, 0.5) is 18.0 Å². The van der Waals surface area contributed by atoms with Gasteiger partial charge in [-0.1, -0.05) is 103 Å². The molecular weight excluding hydrogens is 736 g/mol. The first-order chi connectivity index (χ1) is 27.5. The SMILES string of the molecule is O=C(C[C@@H](C(=O)NCc1cccc(C(F)(F)F)c1)N1C(=O)[C@@H](CCc2ccccc2)[C@H]1N1C(=O)OC[C@@H]1c1ccccc1)NC1CCN(Cc2ccccc2)CC1. The summed E-state index contributed by atoms with van der Waals surface area (Å²) < 4.78 is 46.1. The Kier molecular flexibility index (Phi) is 12.2. The second kappa shape index (κ2) is 17.6. The maximum Gasteiger partial charge on any atom is 0.416 e. The highest BCUT2D eigenvalue weighted by Crippen LogP contribution is 2.42. The number of nitrogens with zero attached hydrogens (tertiary/aromatic N) is 3. The lowest BCUT2D eigenvalue weighted by Gasteiger charge is -2.54. The Bertz CT molecular complexity index is 2010. The number of amides is 4. The standard InChI is InChI=1S/C44H46F3N5O5/c45-44(46,47)34-18-10-15-32(25-34)27-48-40(54)37(26-39(53)49-35-21-23-50(24-22-35)28-31-13-6-2-7-14-31)51-41(36(42(51)55)20-19-30-11-4-1-5-12-30)52-38(29-57-43(52)56)33-16-8-3-9-17-33/h1-18,25,35-38,41H,19-24,26-29H2,(H,48,54)(H,49,53)/t36-,37-,38+,41+/m0/s1. The van der Waals surface area contributed by atoms with Gasteiger partial charge in [0.2, 0.25) is 17.7 Å². The fourth-order valence-electron chi connectivity index (χ4n) is 8.14. The average Bonchev–Trinajstić information content (AvgIpc) is 3.60. The summed E-state index contributed by atoms with van der Waals surface area (Å²) in [6.07, 6.45) is -4.30. The van der Waals surface area contributed by atoms with E-state index in [1.807, 2.05) is 78.9 Å². The van der Waals surface area contributed by atoms with Crippen LogP contribution in [-0.4, -0.2) is 76.5 Å². The van der Waals surface area contributed by atoms with Gasteiger partial charge >= 0.3 is 12.3 Å². The molecule has 57 heavy (non-hydrogen) atoms. The number of aryl methyl sites for hydroxylation is 1. The van der Waals surface area contributed by atoms with E-state index >= 15 is 0 Å². The first-order valence-electron chi connectivity index (χ1n) is 19.4. The summed E-state index contributed by atoms with van der Waals surface area (Å²) in [6.45, 7) is 2.07. The Balaban J connectivity index is 1.13. The number of hydrogen-bond donors (Lipinski definition) is 2. The topological polar surface area (TPSA) is 111 Å². The lowest BCUT2D eigenvalue weighted by Crippen LogP contribution is -2.73. The molecule has 298 valence electrons. The van der Waals surface area contributed by atoms with E-state index in [4.69, 9.17) is 4.74 Å².